The first-order valence-corrected chi connectivity index (χ1v) is 7.98. The van der Waals surface area contributed by atoms with E-state index < -0.39 is 0 Å². The summed E-state index contributed by atoms with van der Waals surface area (Å²) in [6.07, 6.45) is 0.942. The number of aromatic nitrogens is 2. The minimum atomic E-state index is 0.648. The van der Waals surface area contributed by atoms with Crippen LogP contribution in [-0.2, 0) is 6.42 Å². The summed E-state index contributed by atoms with van der Waals surface area (Å²) in [5.41, 5.74) is 2.22. The number of nitrogens with one attached hydrogen (secondary N) is 2. The molecule has 0 aliphatic carbocycles. The van der Waals surface area contributed by atoms with Crippen molar-refractivity contribution in [3.05, 3.63) is 58.6 Å². The number of rotatable bonds is 5. The molecule has 0 radical (unpaired) electrons. The molecule has 5 heteroatoms. The maximum Gasteiger partial charge on any atom is 0.225 e. The minimum Gasteiger partial charge on any atom is -0.372 e. The van der Waals surface area contributed by atoms with Crippen LogP contribution in [0.25, 0.3) is 10.9 Å². The first-order chi connectivity index (χ1) is 10.8. The van der Waals surface area contributed by atoms with E-state index in [4.69, 9.17) is 0 Å². The lowest BCUT2D eigenvalue weighted by molar-refractivity contribution is 0.991. The van der Waals surface area contributed by atoms with Gasteiger partial charge in [0.15, 0.2) is 0 Å². The molecule has 1 aromatic heterocycles. The first kappa shape index (κ1) is 14.8. The summed E-state index contributed by atoms with van der Waals surface area (Å²) in [4.78, 5) is 9.11. The quantitative estimate of drug-likeness (QED) is 0.722. The Morgan fingerprint density at radius 1 is 1.05 bits per heavy atom. The number of nitrogens with zero attached hydrogens (tertiary/aromatic N) is 2. The largest absolute Gasteiger partial charge is 0.372 e. The lowest BCUT2D eigenvalue weighted by Gasteiger charge is -2.10. The number of halogens is 1. The monoisotopic (exact) mass is 356 g/mol. The zero-order chi connectivity index (χ0) is 15.4. The van der Waals surface area contributed by atoms with Gasteiger partial charge in [-0.3, -0.25) is 0 Å². The van der Waals surface area contributed by atoms with Gasteiger partial charge in [0.05, 0.1) is 5.52 Å². The van der Waals surface area contributed by atoms with Gasteiger partial charge in [0, 0.05) is 23.5 Å². The highest BCUT2D eigenvalue weighted by Gasteiger charge is 2.07. The zero-order valence-electron chi connectivity index (χ0n) is 12.3. The smallest absolute Gasteiger partial charge is 0.225 e. The van der Waals surface area contributed by atoms with E-state index >= 15 is 0 Å². The summed E-state index contributed by atoms with van der Waals surface area (Å²) in [6, 6.07) is 16.4. The molecule has 112 valence electrons. The molecular weight excluding hydrogens is 340 g/mol. The molecule has 0 atom stereocenters. The second kappa shape index (κ2) is 6.75. The van der Waals surface area contributed by atoms with Crippen LogP contribution in [0, 0.1) is 0 Å². The van der Waals surface area contributed by atoms with Gasteiger partial charge in [-0.25, -0.2) is 4.98 Å². The third kappa shape index (κ3) is 3.36. The Hall–Kier alpha value is -2.14. The highest BCUT2D eigenvalue weighted by atomic mass is 79.9. The van der Waals surface area contributed by atoms with E-state index in [0.29, 0.717) is 5.95 Å². The van der Waals surface area contributed by atoms with Gasteiger partial charge in [-0.05, 0) is 30.2 Å². The van der Waals surface area contributed by atoms with Crippen LogP contribution in [0.15, 0.2) is 53.0 Å². The Labute approximate surface area is 138 Å². The molecule has 0 spiro atoms. The lowest BCUT2D eigenvalue weighted by atomic mass is 10.1. The molecule has 0 aliphatic heterocycles. The molecule has 4 nitrogen and oxygen atoms in total. The highest BCUT2D eigenvalue weighted by molar-refractivity contribution is 9.10. The Morgan fingerprint density at radius 3 is 2.64 bits per heavy atom. The van der Waals surface area contributed by atoms with Crippen LogP contribution in [0.1, 0.15) is 5.56 Å². The van der Waals surface area contributed by atoms with E-state index in [-0.39, 0.29) is 0 Å². The van der Waals surface area contributed by atoms with Gasteiger partial charge in [-0.15, -0.1) is 0 Å². The predicted molar refractivity (Wildman–Crippen MR) is 95.4 cm³/mol. The van der Waals surface area contributed by atoms with Gasteiger partial charge < -0.3 is 10.6 Å². The molecule has 1 heterocycles. The van der Waals surface area contributed by atoms with Gasteiger partial charge >= 0.3 is 0 Å². The second-order valence-electron chi connectivity index (χ2n) is 4.97. The van der Waals surface area contributed by atoms with E-state index in [2.05, 4.69) is 60.8 Å². The zero-order valence-corrected chi connectivity index (χ0v) is 13.9. The SMILES string of the molecule is CNc1nc(NCCc2ccccc2)nc2ccc(Br)cc12. The molecule has 0 saturated carbocycles. The van der Waals surface area contributed by atoms with E-state index in [0.717, 1.165) is 34.2 Å². The van der Waals surface area contributed by atoms with Crippen LogP contribution < -0.4 is 10.6 Å². The Morgan fingerprint density at radius 2 is 1.86 bits per heavy atom. The number of hydrogen-bond donors (Lipinski definition) is 2. The standard InChI is InChI=1S/C17H17BrN4/c1-19-16-14-11-13(18)7-8-15(14)21-17(22-16)20-10-9-12-5-3-2-4-6-12/h2-8,11H,9-10H2,1H3,(H2,19,20,21,22). The summed E-state index contributed by atoms with van der Waals surface area (Å²) in [5.74, 6) is 1.48. The average Bonchev–Trinajstić information content (AvgIpc) is 2.55. The highest BCUT2D eigenvalue weighted by Crippen LogP contribution is 2.25. The van der Waals surface area contributed by atoms with Crippen molar-refractivity contribution in [1.29, 1.82) is 0 Å². The van der Waals surface area contributed by atoms with E-state index in [9.17, 15) is 0 Å². The lowest BCUT2D eigenvalue weighted by Crippen LogP contribution is -2.09. The second-order valence-corrected chi connectivity index (χ2v) is 5.89. The van der Waals surface area contributed by atoms with E-state index in [1.54, 1.807) is 0 Å². The van der Waals surface area contributed by atoms with Crippen molar-refractivity contribution in [2.45, 2.75) is 6.42 Å². The van der Waals surface area contributed by atoms with Crippen LogP contribution in [0.2, 0.25) is 0 Å². The molecular formula is C17H17BrN4. The Kier molecular flexibility index (Phi) is 4.53. The summed E-state index contributed by atoms with van der Waals surface area (Å²) in [5, 5.41) is 7.44. The van der Waals surface area contributed by atoms with Crippen molar-refractivity contribution in [2.75, 3.05) is 24.2 Å². The maximum atomic E-state index is 4.57. The molecule has 2 N–H and O–H groups in total. The fraction of sp³-hybridized carbons (Fsp3) is 0.176. The summed E-state index contributed by atoms with van der Waals surface area (Å²) < 4.78 is 1.02. The normalized spacial score (nSPS) is 10.6. The topological polar surface area (TPSA) is 49.8 Å². The van der Waals surface area contributed by atoms with Gasteiger partial charge in [0.1, 0.15) is 5.82 Å². The third-order valence-electron chi connectivity index (χ3n) is 3.43. The molecule has 0 bridgehead atoms. The van der Waals surface area contributed by atoms with Crippen molar-refractivity contribution in [1.82, 2.24) is 9.97 Å². The molecule has 2 aromatic carbocycles. The minimum absolute atomic E-state index is 0.648. The fourth-order valence-electron chi connectivity index (χ4n) is 2.33. The number of hydrogen-bond acceptors (Lipinski definition) is 4. The van der Waals surface area contributed by atoms with Crippen molar-refractivity contribution in [3.63, 3.8) is 0 Å². The molecule has 22 heavy (non-hydrogen) atoms. The molecule has 0 amide bonds. The van der Waals surface area contributed by atoms with Crippen molar-refractivity contribution < 1.29 is 0 Å². The Bertz CT molecular complexity index is 774. The molecule has 0 fully saturated rings. The first-order valence-electron chi connectivity index (χ1n) is 7.19. The van der Waals surface area contributed by atoms with Crippen molar-refractivity contribution in [3.8, 4) is 0 Å². The van der Waals surface area contributed by atoms with Gasteiger partial charge in [-0.2, -0.15) is 4.98 Å². The molecule has 0 saturated heterocycles. The van der Waals surface area contributed by atoms with Crippen molar-refractivity contribution >= 4 is 38.6 Å². The third-order valence-corrected chi connectivity index (χ3v) is 3.93. The summed E-state index contributed by atoms with van der Waals surface area (Å²) >= 11 is 3.48. The number of benzene rings is 2. The van der Waals surface area contributed by atoms with Crippen LogP contribution in [-0.4, -0.2) is 23.6 Å². The average molecular weight is 357 g/mol. The predicted octanol–water partition coefficient (Wildman–Crippen LogP) is 4.09. The summed E-state index contributed by atoms with van der Waals surface area (Å²) in [7, 11) is 1.87. The van der Waals surface area contributed by atoms with E-state index in [1.165, 1.54) is 5.56 Å². The molecule has 3 rings (SSSR count). The van der Waals surface area contributed by atoms with Crippen LogP contribution in [0.5, 0.6) is 0 Å². The van der Waals surface area contributed by atoms with Gasteiger partial charge in [0.2, 0.25) is 5.95 Å². The number of fused-ring (bicyclic) bond motifs is 1. The van der Waals surface area contributed by atoms with Crippen LogP contribution in [0.3, 0.4) is 0 Å². The Balaban J connectivity index is 1.78. The van der Waals surface area contributed by atoms with Crippen LogP contribution >= 0.6 is 15.9 Å². The fourth-order valence-corrected chi connectivity index (χ4v) is 2.69. The van der Waals surface area contributed by atoms with Gasteiger partial charge in [-0.1, -0.05) is 46.3 Å². The van der Waals surface area contributed by atoms with E-state index in [1.807, 2.05) is 31.3 Å². The molecule has 0 unspecified atom stereocenters. The van der Waals surface area contributed by atoms with Crippen molar-refractivity contribution in [2.24, 2.45) is 0 Å². The van der Waals surface area contributed by atoms with Crippen LogP contribution in [0.4, 0.5) is 11.8 Å². The van der Waals surface area contributed by atoms with Gasteiger partial charge in [0.25, 0.3) is 0 Å². The number of anilines is 2. The summed E-state index contributed by atoms with van der Waals surface area (Å²) in [6.45, 7) is 0.801. The molecule has 0 aliphatic rings. The maximum absolute atomic E-state index is 4.57. The molecule has 3 aromatic rings.